The number of rotatable bonds is 4. The number of aromatic nitrogens is 4. The SMILES string of the molecule is CSc1nc2c(c(=O)n(C)c(=O)n2C)n1CC(=O)c1ccccc1. The highest BCUT2D eigenvalue weighted by molar-refractivity contribution is 7.98. The Morgan fingerprint density at radius 2 is 1.79 bits per heavy atom. The van der Waals surface area contributed by atoms with Crippen LogP contribution in [0.2, 0.25) is 0 Å². The van der Waals surface area contributed by atoms with Gasteiger partial charge in [-0.15, -0.1) is 0 Å². The smallest absolute Gasteiger partial charge is 0.305 e. The lowest BCUT2D eigenvalue weighted by molar-refractivity contribution is 0.0970. The van der Waals surface area contributed by atoms with Crippen LogP contribution in [0.1, 0.15) is 10.4 Å². The van der Waals surface area contributed by atoms with Gasteiger partial charge in [-0.3, -0.25) is 18.7 Å². The van der Waals surface area contributed by atoms with Crippen LogP contribution in [0.15, 0.2) is 45.1 Å². The number of nitrogens with zero attached hydrogens (tertiary/aromatic N) is 4. The maximum Gasteiger partial charge on any atom is 0.332 e. The van der Waals surface area contributed by atoms with Crippen LogP contribution in [0.4, 0.5) is 0 Å². The first-order chi connectivity index (χ1) is 11.5. The van der Waals surface area contributed by atoms with E-state index >= 15 is 0 Å². The van der Waals surface area contributed by atoms with Crippen molar-refractivity contribution in [1.82, 2.24) is 18.7 Å². The molecule has 3 rings (SSSR count). The summed E-state index contributed by atoms with van der Waals surface area (Å²) in [6, 6.07) is 8.87. The molecule has 0 radical (unpaired) electrons. The maximum absolute atomic E-state index is 12.5. The molecule has 0 unspecified atom stereocenters. The minimum Gasteiger partial charge on any atom is -0.305 e. The van der Waals surface area contributed by atoms with E-state index in [2.05, 4.69) is 4.98 Å². The number of thioether (sulfide) groups is 1. The van der Waals surface area contributed by atoms with Gasteiger partial charge in [0.05, 0.1) is 6.54 Å². The fraction of sp³-hybridized carbons (Fsp3) is 0.250. The topological polar surface area (TPSA) is 78.9 Å². The van der Waals surface area contributed by atoms with Crippen LogP contribution >= 0.6 is 11.8 Å². The number of imidazole rings is 1. The monoisotopic (exact) mass is 344 g/mol. The summed E-state index contributed by atoms with van der Waals surface area (Å²) >= 11 is 1.32. The molecule has 0 N–H and O–H groups in total. The van der Waals surface area contributed by atoms with E-state index < -0.39 is 11.2 Å². The van der Waals surface area contributed by atoms with Crippen LogP contribution in [0.25, 0.3) is 11.2 Å². The number of Topliss-reactive ketones (excluding diaryl/α,β-unsaturated/α-hetero) is 1. The normalized spacial score (nSPS) is 11.1. The summed E-state index contributed by atoms with van der Waals surface area (Å²) < 4.78 is 3.93. The molecule has 0 aliphatic carbocycles. The van der Waals surface area contributed by atoms with Gasteiger partial charge in [-0.05, 0) is 6.26 Å². The van der Waals surface area contributed by atoms with E-state index in [1.807, 2.05) is 12.3 Å². The van der Waals surface area contributed by atoms with E-state index in [0.717, 1.165) is 4.57 Å². The molecule has 0 spiro atoms. The molecule has 1 aromatic carbocycles. The van der Waals surface area contributed by atoms with Crippen molar-refractivity contribution in [3.8, 4) is 0 Å². The maximum atomic E-state index is 12.5. The minimum atomic E-state index is -0.457. The van der Waals surface area contributed by atoms with Crippen LogP contribution in [0.3, 0.4) is 0 Å². The van der Waals surface area contributed by atoms with E-state index in [-0.39, 0.29) is 23.5 Å². The zero-order chi connectivity index (χ0) is 17.4. The van der Waals surface area contributed by atoms with Crippen LogP contribution in [-0.2, 0) is 20.6 Å². The molecule has 2 heterocycles. The first-order valence-corrected chi connectivity index (χ1v) is 8.46. The highest BCUT2D eigenvalue weighted by Gasteiger charge is 2.20. The van der Waals surface area contributed by atoms with Gasteiger partial charge in [0.1, 0.15) is 0 Å². The second-order valence-corrected chi connectivity index (χ2v) is 6.13. The van der Waals surface area contributed by atoms with E-state index in [1.54, 1.807) is 35.9 Å². The lowest BCUT2D eigenvalue weighted by Crippen LogP contribution is -2.37. The van der Waals surface area contributed by atoms with Gasteiger partial charge in [0.25, 0.3) is 5.56 Å². The number of hydrogen-bond acceptors (Lipinski definition) is 5. The first kappa shape index (κ1) is 16.3. The summed E-state index contributed by atoms with van der Waals surface area (Å²) in [4.78, 5) is 41.5. The Balaban J connectivity index is 2.22. The molecule has 0 aliphatic heterocycles. The summed E-state index contributed by atoms with van der Waals surface area (Å²) in [5.41, 5.74) is 0.204. The quantitative estimate of drug-likeness (QED) is 0.522. The van der Waals surface area contributed by atoms with Crippen molar-refractivity contribution in [3.05, 3.63) is 56.7 Å². The van der Waals surface area contributed by atoms with Gasteiger partial charge in [0, 0.05) is 19.7 Å². The number of fused-ring (bicyclic) bond motifs is 1. The van der Waals surface area contributed by atoms with Crippen molar-refractivity contribution in [2.24, 2.45) is 14.1 Å². The highest BCUT2D eigenvalue weighted by atomic mass is 32.2. The number of ketones is 1. The Morgan fingerprint density at radius 1 is 1.12 bits per heavy atom. The van der Waals surface area contributed by atoms with Crippen LogP contribution in [-0.4, -0.2) is 30.7 Å². The predicted molar refractivity (Wildman–Crippen MR) is 92.8 cm³/mol. The van der Waals surface area contributed by atoms with Crippen molar-refractivity contribution >= 4 is 28.7 Å². The van der Waals surface area contributed by atoms with E-state index in [4.69, 9.17) is 0 Å². The van der Waals surface area contributed by atoms with Crippen molar-refractivity contribution in [2.45, 2.75) is 11.7 Å². The minimum absolute atomic E-state index is 0.00979. The van der Waals surface area contributed by atoms with E-state index in [1.165, 1.54) is 23.4 Å². The number of hydrogen-bond donors (Lipinski definition) is 0. The lowest BCUT2D eigenvalue weighted by atomic mass is 10.1. The molecule has 0 saturated heterocycles. The summed E-state index contributed by atoms with van der Waals surface area (Å²) in [7, 11) is 2.98. The van der Waals surface area contributed by atoms with Crippen LogP contribution in [0.5, 0.6) is 0 Å². The Kier molecular flexibility index (Phi) is 4.15. The van der Waals surface area contributed by atoms with Crippen LogP contribution in [0, 0.1) is 0 Å². The highest BCUT2D eigenvalue weighted by Crippen LogP contribution is 2.20. The van der Waals surface area contributed by atoms with E-state index in [0.29, 0.717) is 10.7 Å². The average Bonchev–Trinajstić information content (AvgIpc) is 2.97. The Morgan fingerprint density at radius 3 is 2.42 bits per heavy atom. The molecular formula is C16H16N4O3S. The zero-order valence-electron chi connectivity index (χ0n) is 13.5. The molecule has 24 heavy (non-hydrogen) atoms. The largest absolute Gasteiger partial charge is 0.332 e. The van der Waals surface area contributed by atoms with Crippen molar-refractivity contribution in [1.29, 1.82) is 0 Å². The van der Waals surface area contributed by atoms with Crippen LogP contribution < -0.4 is 11.2 Å². The van der Waals surface area contributed by atoms with Gasteiger partial charge in [0.2, 0.25) is 0 Å². The molecule has 0 aliphatic rings. The average molecular weight is 344 g/mol. The van der Waals surface area contributed by atoms with Crippen molar-refractivity contribution in [2.75, 3.05) is 6.26 Å². The summed E-state index contributed by atoms with van der Waals surface area (Å²) in [5, 5.41) is 0.521. The van der Waals surface area contributed by atoms with Gasteiger partial charge in [0.15, 0.2) is 22.1 Å². The van der Waals surface area contributed by atoms with Gasteiger partial charge in [-0.25, -0.2) is 9.78 Å². The number of carbonyl (C=O) groups is 1. The van der Waals surface area contributed by atoms with Gasteiger partial charge in [-0.1, -0.05) is 42.1 Å². The second kappa shape index (κ2) is 6.12. The van der Waals surface area contributed by atoms with E-state index in [9.17, 15) is 14.4 Å². The Labute approximate surface area is 141 Å². The lowest BCUT2D eigenvalue weighted by Gasteiger charge is -2.08. The Hall–Kier alpha value is -2.61. The zero-order valence-corrected chi connectivity index (χ0v) is 14.3. The molecule has 0 fully saturated rings. The number of benzene rings is 1. The third kappa shape index (κ3) is 2.48. The first-order valence-electron chi connectivity index (χ1n) is 7.24. The van der Waals surface area contributed by atoms with Gasteiger partial charge in [-0.2, -0.15) is 0 Å². The van der Waals surface area contributed by atoms with Gasteiger partial charge >= 0.3 is 5.69 Å². The summed E-state index contributed by atoms with van der Waals surface area (Å²) in [5.74, 6) is -0.124. The molecule has 0 saturated carbocycles. The standard InChI is InChI=1S/C16H16N4O3S/c1-18-13-12(14(22)19(2)16(18)23)20(15(17-13)24-3)9-11(21)10-7-5-4-6-8-10/h4-8H,9H2,1-3H3. The molecule has 0 atom stereocenters. The number of carbonyl (C=O) groups excluding carboxylic acids is 1. The third-order valence-corrected chi connectivity index (χ3v) is 4.57. The molecule has 3 aromatic rings. The molecule has 124 valence electrons. The summed E-state index contributed by atoms with van der Waals surface area (Å²) in [6.07, 6.45) is 1.81. The number of aryl methyl sites for hydroxylation is 1. The molecule has 2 aromatic heterocycles. The molecular weight excluding hydrogens is 328 g/mol. The van der Waals surface area contributed by atoms with Gasteiger partial charge < -0.3 is 4.57 Å². The predicted octanol–water partition coefficient (Wildman–Crippen LogP) is 1.04. The fourth-order valence-electron chi connectivity index (χ4n) is 2.59. The van der Waals surface area contributed by atoms with Crippen molar-refractivity contribution in [3.63, 3.8) is 0 Å². The second-order valence-electron chi connectivity index (χ2n) is 5.35. The molecule has 7 nitrogen and oxygen atoms in total. The fourth-order valence-corrected chi connectivity index (χ4v) is 3.14. The molecule has 0 amide bonds. The third-order valence-electron chi connectivity index (χ3n) is 3.89. The Bertz CT molecular complexity index is 1050. The van der Waals surface area contributed by atoms with Crippen molar-refractivity contribution < 1.29 is 4.79 Å². The molecule has 8 heteroatoms. The molecule has 0 bridgehead atoms. The summed E-state index contributed by atoms with van der Waals surface area (Å²) in [6.45, 7) is -0.00979.